The number of amides is 2. The monoisotopic (exact) mass is 354 g/mol. The highest BCUT2D eigenvalue weighted by Gasteiger charge is 2.19. The van der Waals surface area contributed by atoms with Crippen LogP contribution in [0.3, 0.4) is 0 Å². The summed E-state index contributed by atoms with van der Waals surface area (Å²) < 4.78 is 5.33. The van der Waals surface area contributed by atoms with Gasteiger partial charge < -0.3 is 15.4 Å². The van der Waals surface area contributed by atoms with Crippen LogP contribution in [0, 0.1) is 5.92 Å². The lowest BCUT2D eigenvalue weighted by molar-refractivity contribution is -0.131. The normalized spacial score (nSPS) is 11.8. The summed E-state index contributed by atoms with van der Waals surface area (Å²) in [6.07, 6.45) is -0.168. The molecule has 0 saturated carbocycles. The van der Waals surface area contributed by atoms with Crippen LogP contribution in [0.15, 0.2) is 54.6 Å². The number of benzene rings is 2. The zero-order valence-corrected chi connectivity index (χ0v) is 15.5. The van der Waals surface area contributed by atoms with Crippen LogP contribution in [0.4, 0.5) is 5.69 Å². The van der Waals surface area contributed by atoms with Gasteiger partial charge in [0.2, 0.25) is 5.91 Å². The van der Waals surface area contributed by atoms with E-state index in [0.717, 1.165) is 16.8 Å². The minimum absolute atomic E-state index is 0.00953. The van der Waals surface area contributed by atoms with Crippen molar-refractivity contribution in [1.82, 2.24) is 5.32 Å². The summed E-state index contributed by atoms with van der Waals surface area (Å²) >= 11 is 0. The van der Waals surface area contributed by atoms with Crippen molar-refractivity contribution in [3.8, 4) is 0 Å². The summed E-state index contributed by atoms with van der Waals surface area (Å²) in [5.41, 5.74) is 2.44. The summed E-state index contributed by atoms with van der Waals surface area (Å²) in [5, 5.41) is 5.77. The van der Waals surface area contributed by atoms with E-state index in [4.69, 9.17) is 4.74 Å². The fraction of sp³-hybridized carbons (Fsp3) is 0.333. The van der Waals surface area contributed by atoms with Crippen molar-refractivity contribution in [2.75, 3.05) is 12.4 Å². The maximum absolute atomic E-state index is 12.4. The van der Waals surface area contributed by atoms with Crippen molar-refractivity contribution < 1.29 is 14.3 Å². The molecule has 5 nitrogen and oxygen atoms in total. The second kappa shape index (κ2) is 9.73. The molecule has 0 aliphatic heterocycles. The van der Waals surface area contributed by atoms with Gasteiger partial charge >= 0.3 is 0 Å². The fourth-order valence-corrected chi connectivity index (χ4v) is 2.65. The summed E-state index contributed by atoms with van der Waals surface area (Å²) in [5.74, 6) is 0.0964. The topological polar surface area (TPSA) is 67.4 Å². The minimum Gasteiger partial charge on any atom is -0.367 e. The zero-order valence-electron chi connectivity index (χ0n) is 15.5. The third kappa shape index (κ3) is 6.01. The summed E-state index contributed by atoms with van der Waals surface area (Å²) in [6, 6.07) is 16.8. The molecule has 0 radical (unpaired) electrons. The van der Waals surface area contributed by atoms with Crippen molar-refractivity contribution in [2.45, 2.75) is 32.9 Å². The van der Waals surface area contributed by atoms with Gasteiger partial charge in [0, 0.05) is 25.8 Å². The molecule has 26 heavy (non-hydrogen) atoms. The van der Waals surface area contributed by atoms with E-state index >= 15 is 0 Å². The van der Waals surface area contributed by atoms with Gasteiger partial charge in [-0.3, -0.25) is 9.59 Å². The van der Waals surface area contributed by atoms with Gasteiger partial charge in [-0.1, -0.05) is 56.3 Å². The summed E-state index contributed by atoms with van der Waals surface area (Å²) in [4.78, 5) is 24.3. The summed E-state index contributed by atoms with van der Waals surface area (Å²) in [6.45, 7) is 4.37. The molecule has 5 heteroatoms. The molecule has 0 aliphatic rings. The van der Waals surface area contributed by atoms with Crippen LogP contribution >= 0.6 is 0 Å². The van der Waals surface area contributed by atoms with E-state index in [2.05, 4.69) is 10.6 Å². The third-order valence-corrected chi connectivity index (χ3v) is 3.85. The van der Waals surface area contributed by atoms with Crippen molar-refractivity contribution in [2.24, 2.45) is 5.92 Å². The maximum atomic E-state index is 12.4. The Morgan fingerprint density at radius 2 is 1.77 bits per heavy atom. The molecule has 1 atom stereocenters. The number of ether oxygens (including phenoxy) is 1. The number of anilines is 1. The standard InChI is InChI=1S/C21H26N2O3/c1-15(2)12-19(24)23-18-11-7-8-16(13-18)14-22-21(25)20(26-3)17-9-5-4-6-10-17/h4-11,13,15,20H,12,14H2,1-3H3,(H,22,25)(H,23,24). The first kappa shape index (κ1) is 19.7. The molecule has 0 heterocycles. The highest BCUT2D eigenvalue weighted by molar-refractivity contribution is 5.90. The molecule has 2 aromatic carbocycles. The van der Waals surface area contributed by atoms with Gasteiger partial charge in [-0.25, -0.2) is 0 Å². The number of hydrogen-bond acceptors (Lipinski definition) is 3. The van der Waals surface area contributed by atoms with Gasteiger partial charge in [0.15, 0.2) is 6.10 Å². The molecule has 2 rings (SSSR count). The molecule has 138 valence electrons. The Kier molecular flexibility index (Phi) is 7.36. The van der Waals surface area contributed by atoms with Gasteiger partial charge in [0.25, 0.3) is 5.91 Å². The van der Waals surface area contributed by atoms with Crippen LogP contribution < -0.4 is 10.6 Å². The molecule has 0 aliphatic carbocycles. The smallest absolute Gasteiger partial charge is 0.254 e. The molecule has 0 aromatic heterocycles. The van der Waals surface area contributed by atoms with Crippen LogP contribution in [-0.2, 0) is 20.9 Å². The molecule has 0 spiro atoms. The average molecular weight is 354 g/mol. The first-order valence-corrected chi connectivity index (χ1v) is 8.74. The van der Waals surface area contributed by atoms with Gasteiger partial charge in [-0.15, -0.1) is 0 Å². The maximum Gasteiger partial charge on any atom is 0.254 e. The molecular weight excluding hydrogens is 328 g/mol. The molecule has 0 bridgehead atoms. The first-order valence-electron chi connectivity index (χ1n) is 8.74. The largest absolute Gasteiger partial charge is 0.367 e. The lowest BCUT2D eigenvalue weighted by Gasteiger charge is -2.16. The molecule has 2 aromatic rings. The number of methoxy groups -OCH3 is 1. The number of carbonyl (C=O) groups is 2. The predicted octanol–water partition coefficient (Wildman–Crippen LogP) is 3.68. The number of rotatable bonds is 8. The first-order chi connectivity index (χ1) is 12.5. The minimum atomic E-state index is -0.648. The van der Waals surface area contributed by atoms with E-state index in [1.807, 2.05) is 68.4 Å². The van der Waals surface area contributed by atoms with Crippen LogP contribution in [0.2, 0.25) is 0 Å². The van der Waals surface area contributed by atoms with Crippen molar-refractivity contribution >= 4 is 17.5 Å². The molecule has 1 unspecified atom stereocenters. The second-order valence-corrected chi connectivity index (χ2v) is 6.59. The van der Waals surface area contributed by atoms with Crippen LogP contribution in [0.1, 0.15) is 37.5 Å². The summed E-state index contributed by atoms with van der Waals surface area (Å²) in [7, 11) is 1.52. The van der Waals surface area contributed by atoms with Crippen LogP contribution in [-0.4, -0.2) is 18.9 Å². The highest BCUT2D eigenvalue weighted by Crippen LogP contribution is 2.17. The van der Waals surface area contributed by atoms with Crippen molar-refractivity contribution in [1.29, 1.82) is 0 Å². The highest BCUT2D eigenvalue weighted by atomic mass is 16.5. The zero-order chi connectivity index (χ0) is 18.9. The van der Waals surface area contributed by atoms with E-state index in [1.165, 1.54) is 7.11 Å². The quantitative estimate of drug-likeness (QED) is 0.760. The number of carbonyl (C=O) groups excluding carboxylic acids is 2. The lowest BCUT2D eigenvalue weighted by atomic mass is 10.1. The third-order valence-electron chi connectivity index (χ3n) is 3.85. The van der Waals surface area contributed by atoms with E-state index in [1.54, 1.807) is 0 Å². The molecule has 0 saturated heterocycles. The van der Waals surface area contributed by atoms with Gasteiger partial charge in [0.1, 0.15) is 0 Å². The Morgan fingerprint density at radius 1 is 1.04 bits per heavy atom. The number of nitrogens with one attached hydrogen (secondary N) is 2. The fourth-order valence-electron chi connectivity index (χ4n) is 2.65. The molecular formula is C21H26N2O3. The average Bonchev–Trinajstić information content (AvgIpc) is 2.61. The van der Waals surface area contributed by atoms with E-state index in [9.17, 15) is 9.59 Å². The second-order valence-electron chi connectivity index (χ2n) is 6.59. The molecule has 2 N–H and O–H groups in total. The Morgan fingerprint density at radius 3 is 2.42 bits per heavy atom. The van der Waals surface area contributed by atoms with Crippen LogP contribution in [0.25, 0.3) is 0 Å². The Hall–Kier alpha value is -2.66. The predicted molar refractivity (Wildman–Crippen MR) is 103 cm³/mol. The van der Waals surface area contributed by atoms with Gasteiger partial charge in [-0.2, -0.15) is 0 Å². The van der Waals surface area contributed by atoms with Crippen molar-refractivity contribution in [3.63, 3.8) is 0 Å². The molecule has 0 fully saturated rings. The van der Waals surface area contributed by atoms with Crippen LogP contribution in [0.5, 0.6) is 0 Å². The van der Waals surface area contributed by atoms with E-state index in [-0.39, 0.29) is 11.8 Å². The van der Waals surface area contributed by atoms with E-state index < -0.39 is 6.10 Å². The van der Waals surface area contributed by atoms with Gasteiger partial charge in [0.05, 0.1) is 0 Å². The number of hydrogen-bond donors (Lipinski definition) is 2. The lowest BCUT2D eigenvalue weighted by Crippen LogP contribution is -2.30. The molecule has 2 amide bonds. The Labute approximate surface area is 154 Å². The SMILES string of the molecule is COC(C(=O)NCc1cccc(NC(=O)CC(C)C)c1)c1ccccc1. The Bertz CT molecular complexity index is 729. The van der Waals surface area contributed by atoms with Crippen molar-refractivity contribution in [3.05, 3.63) is 65.7 Å². The van der Waals surface area contributed by atoms with E-state index in [0.29, 0.717) is 18.9 Å². The Balaban J connectivity index is 1.95. The van der Waals surface area contributed by atoms with Gasteiger partial charge in [-0.05, 0) is 29.2 Å².